The summed E-state index contributed by atoms with van der Waals surface area (Å²) in [5, 5.41) is 17.8. The average molecular weight is 505 g/mol. The molecule has 0 saturated carbocycles. The Morgan fingerprint density at radius 3 is 2.05 bits per heavy atom. The lowest BCUT2D eigenvalue weighted by atomic mass is 9.80. The van der Waals surface area contributed by atoms with E-state index in [0.717, 1.165) is 5.56 Å². The summed E-state index contributed by atoms with van der Waals surface area (Å²) in [5.74, 6) is -0.547. The SMILES string of the molecule is C[C@H](NC(=O)c1ncn2cc(NC(=O)Cc3ccccc3)ccc12)C(O)(c1ccccc1)c1ccccc1. The molecule has 190 valence electrons. The average Bonchev–Trinajstić information content (AvgIpc) is 3.37. The molecular weight excluding hydrogens is 476 g/mol. The number of rotatable bonds is 8. The summed E-state index contributed by atoms with van der Waals surface area (Å²) in [6, 6.07) is 30.9. The Morgan fingerprint density at radius 2 is 1.45 bits per heavy atom. The Balaban J connectivity index is 1.35. The molecule has 0 bridgehead atoms. The van der Waals surface area contributed by atoms with E-state index in [9.17, 15) is 14.7 Å². The van der Waals surface area contributed by atoms with Gasteiger partial charge in [-0.3, -0.25) is 9.59 Å². The van der Waals surface area contributed by atoms with Crippen LogP contribution in [0.5, 0.6) is 0 Å². The molecule has 0 radical (unpaired) electrons. The van der Waals surface area contributed by atoms with Crippen LogP contribution >= 0.6 is 0 Å². The van der Waals surface area contributed by atoms with Crippen LogP contribution in [0.2, 0.25) is 0 Å². The van der Waals surface area contributed by atoms with E-state index in [-0.39, 0.29) is 18.0 Å². The molecule has 0 unspecified atom stereocenters. The van der Waals surface area contributed by atoms with Gasteiger partial charge in [0, 0.05) is 6.20 Å². The van der Waals surface area contributed by atoms with Gasteiger partial charge < -0.3 is 20.1 Å². The Morgan fingerprint density at radius 1 is 0.868 bits per heavy atom. The van der Waals surface area contributed by atoms with E-state index >= 15 is 0 Å². The maximum atomic E-state index is 13.3. The molecule has 0 saturated heterocycles. The number of fused-ring (bicyclic) bond motifs is 1. The second kappa shape index (κ2) is 10.7. The minimum Gasteiger partial charge on any atom is -0.378 e. The minimum absolute atomic E-state index is 0.136. The van der Waals surface area contributed by atoms with Gasteiger partial charge in [0.2, 0.25) is 5.91 Å². The van der Waals surface area contributed by atoms with Crippen molar-refractivity contribution in [2.45, 2.75) is 25.0 Å². The number of carbonyl (C=O) groups is 2. The largest absolute Gasteiger partial charge is 0.378 e. The first-order valence-electron chi connectivity index (χ1n) is 12.4. The summed E-state index contributed by atoms with van der Waals surface area (Å²) in [6.45, 7) is 1.77. The molecule has 2 amide bonds. The first-order chi connectivity index (χ1) is 18.4. The summed E-state index contributed by atoms with van der Waals surface area (Å²) in [5.41, 5.74) is 2.21. The smallest absolute Gasteiger partial charge is 0.272 e. The second-order valence-electron chi connectivity index (χ2n) is 9.21. The summed E-state index contributed by atoms with van der Waals surface area (Å²) in [7, 11) is 0. The molecule has 0 spiro atoms. The van der Waals surface area contributed by atoms with Crippen molar-refractivity contribution in [3.05, 3.63) is 138 Å². The molecule has 7 nitrogen and oxygen atoms in total. The number of nitrogens with one attached hydrogen (secondary N) is 2. The molecule has 0 fully saturated rings. The monoisotopic (exact) mass is 504 g/mol. The molecule has 7 heteroatoms. The predicted molar refractivity (Wildman–Crippen MR) is 147 cm³/mol. The number of carbonyl (C=O) groups excluding carboxylic acids is 2. The van der Waals surface area contributed by atoms with Crippen molar-refractivity contribution in [1.82, 2.24) is 14.7 Å². The number of aliphatic hydroxyl groups is 1. The zero-order valence-electron chi connectivity index (χ0n) is 20.9. The van der Waals surface area contributed by atoms with Crippen molar-refractivity contribution >= 4 is 23.0 Å². The summed E-state index contributed by atoms with van der Waals surface area (Å²) in [6.07, 6.45) is 3.51. The van der Waals surface area contributed by atoms with Gasteiger partial charge in [0.25, 0.3) is 5.91 Å². The fraction of sp³-hybridized carbons (Fsp3) is 0.129. The number of imidazole rings is 1. The molecule has 3 N–H and O–H groups in total. The lowest BCUT2D eigenvalue weighted by molar-refractivity contribution is -0.115. The van der Waals surface area contributed by atoms with Crippen molar-refractivity contribution in [3.8, 4) is 0 Å². The van der Waals surface area contributed by atoms with E-state index in [2.05, 4.69) is 15.6 Å². The highest BCUT2D eigenvalue weighted by Crippen LogP contribution is 2.33. The van der Waals surface area contributed by atoms with Crippen LogP contribution in [0.4, 0.5) is 5.69 Å². The Bertz CT molecular complexity index is 1510. The molecule has 0 aliphatic heterocycles. The molecule has 1 atom stereocenters. The fourth-order valence-electron chi connectivity index (χ4n) is 4.66. The van der Waals surface area contributed by atoms with Gasteiger partial charge >= 0.3 is 0 Å². The highest BCUT2D eigenvalue weighted by Gasteiger charge is 2.39. The third-order valence-electron chi connectivity index (χ3n) is 6.64. The van der Waals surface area contributed by atoms with Crippen molar-refractivity contribution in [1.29, 1.82) is 0 Å². The van der Waals surface area contributed by atoms with Gasteiger partial charge in [0.1, 0.15) is 11.9 Å². The number of anilines is 1. The molecule has 2 heterocycles. The molecule has 2 aromatic heterocycles. The first kappa shape index (κ1) is 24.9. The highest BCUT2D eigenvalue weighted by molar-refractivity contribution is 5.99. The fourth-order valence-corrected chi connectivity index (χ4v) is 4.66. The van der Waals surface area contributed by atoms with Crippen LogP contribution in [0.1, 0.15) is 34.1 Å². The topological polar surface area (TPSA) is 95.7 Å². The molecule has 0 aliphatic carbocycles. The highest BCUT2D eigenvalue weighted by atomic mass is 16.3. The lowest BCUT2D eigenvalue weighted by Gasteiger charge is -2.35. The van der Waals surface area contributed by atoms with Crippen LogP contribution < -0.4 is 10.6 Å². The van der Waals surface area contributed by atoms with E-state index in [0.29, 0.717) is 22.3 Å². The maximum absolute atomic E-state index is 13.3. The maximum Gasteiger partial charge on any atom is 0.272 e. The number of pyridine rings is 1. The summed E-state index contributed by atoms with van der Waals surface area (Å²) >= 11 is 0. The van der Waals surface area contributed by atoms with Gasteiger partial charge in [0.05, 0.1) is 23.7 Å². The van der Waals surface area contributed by atoms with Gasteiger partial charge in [-0.25, -0.2) is 4.98 Å². The number of hydrogen-bond donors (Lipinski definition) is 3. The number of aromatic nitrogens is 2. The molecule has 5 aromatic rings. The number of benzene rings is 3. The van der Waals surface area contributed by atoms with Crippen LogP contribution in [0.25, 0.3) is 5.52 Å². The van der Waals surface area contributed by atoms with Crippen molar-refractivity contribution < 1.29 is 14.7 Å². The Hall–Kier alpha value is -4.75. The molecule has 3 aromatic carbocycles. The van der Waals surface area contributed by atoms with Gasteiger partial charge in [-0.2, -0.15) is 0 Å². The van der Waals surface area contributed by atoms with Crippen LogP contribution in [-0.2, 0) is 16.8 Å². The van der Waals surface area contributed by atoms with E-state index in [1.54, 1.807) is 29.7 Å². The first-order valence-corrected chi connectivity index (χ1v) is 12.4. The molecule has 0 aliphatic rings. The van der Waals surface area contributed by atoms with Crippen molar-refractivity contribution in [2.24, 2.45) is 0 Å². The zero-order valence-corrected chi connectivity index (χ0v) is 20.9. The van der Waals surface area contributed by atoms with E-state index in [4.69, 9.17) is 0 Å². The van der Waals surface area contributed by atoms with E-state index in [1.165, 1.54) is 6.33 Å². The quantitative estimate of drug-likeness (QED) is 0.289. The van der Waals surface area contributed by atoms with Gasteiger partial charge in [-0.05, 0) is 35.7 Å². The number of amides is 2. The molecule has 5 rings (SSSR count). The molecule has 38 heavy (non-hydrogen) atoms. The van der Waals surface area contributed by atoms with Crippen LogP contribution in [0.15, 0.2) is 116 Å². The van der Waals surface area contributed by atoms with Crippen LogP contribution in [-0.4, -0.2) is 32.3 Å². The Kier molecular flexibility index (Phi) is 7.02. The van der Waals surface area contributed by atoms with Crippen molar-refractivity contribution in [2.75, 3.05) is 5.32 Å². The third kappa shape index (κ3) is 5.05. The minimum atomic E-state index is -1.45. The summed E-state index contributed by atoms with van der Waals surface area (Å²) in [4.78, 5) is 30.1. The van der Waals surface area contributed by atoms with E-state index < -0.39 is 17.6 Å². The van der Waals surface area contributed by atoms with E-state index in [1.807, 2.05) is 91.0 Å². The van der Waals surface area contributed by atoms with Gasteiger partial charge in [-0.15, -0.1) is 0 Å². The normalized spacial score (nSPS) is 12.2. The van der Waals surface area contributed by atoms with Gasteiger partial charge in [-0.1, -0.05) is 91.0 Å². The lowest BCUT2D eigenvalue weighted by Crippen LogP contribution is -2.49. The Labute approximate surface area is 220 Å². The number of hydrogen-bond acceptors (Lipinski definition) is 4. The van der Waals surface area contributed by atoms with Crippen LogP contribution in [0.3, 0.4) is 0 Å². The van der Waals surface area contributed by atoms with Gasteiger partial charge in [0.15, 0.2) is 5.69 Å². The zero-order chi connectivity index (χ0) is 26.5. The van der Waals surface area contributed by atoms with Crippen molar-refractivity contribution in [3.63, 3.8) is 0 Å². The third-order valence-corrected chi connectivity index (χ3v) is 6.64. The van der Waals surface area contributed by atoms with Crippen LogP contribution in [0, 0.1) is 0 Å². The summed E-state index contributed by atoms with van der Waals surface area (Å²) < 4.78 is 1.69. The molecular formula is C31H28N4O3. The number of nitrogens with zero attached hydrogens (tertiary/aromatic N) is 2. The predicted octanol–water partition coefficient (Wildman–Crippen LogP) is 4.57. The standard InChI is InChI=1S/C31H28N4O3/c1-22(31(38,24-13-7-3-8-14-24)25-15-9-4-10-16-25)33-30(37)29-27-18-17-26(20-35(27)21-32-29)34-28(36)19-23-11-5-2-6-12-23/h2-18,20-22,38H,19H2,1H3,(H,33,37)(H,34,36)/t22-/m0/s1. The second-order valence-corrected chi connectivity index (χ2v) is 9.21.